The smallest absolute Gasteiger partial charge is 0.326 e. The summed E-state index contributed by atoms with van der Waals surface area (Å²) in [7, 11) is 1.62. The Hall–Kier alpha value is -3.55. The van der Waals surface area contributed by atoms with Crippen LogP contribution >= 0.6 is 11.6 Å². The van der Waals surface area contributed by atoms with Gasteiger partial charge in [-0.25, -0.2) is 4.79 Å². The van der Waals surface area contributed by atoms with Gasteiger partial charge in [0.15, 0.2) is 11.5 Å². The maximum absolute atomic E-state index is 12.6. The van der Waals surface area contributed by atoms with E-state index in [0.717, 1.165) is 36.5 Å². The Kier molecular flexibility index (Phi) is 9.26. The normalized spacial score (nSPS) is 15.0. The summed E-state index contributed by atoms with van der Waals surface area (Å²) in [5, 5.41) is 10.6. The van der Waals surface area contributed by atoms with Gasteiger partial charge in [0.25, 0.3) is 0 Å². The summed E-state index contributed by atoms with van der Waals surface area (Å²) < 4.78 is 11.4. The van der Waals surface area contributed by atoms with Crippen molar-refractivity contribution in [2.24, 2.45) is 0 Å². The molecule has 1 amide bonds. The number of carbonyl (C=O) groups excluding carboxylic acids is 1. The van der Waals surface area contributed by atoms with E-state index in [2.05, 4.69) is 11.0 Å². The van der Waals surface area contributed by atoms with Crippen LogP contribution in [-0.4, -0.2) is 59.1 Å². The number of carboxylic acids is 1. The number of nitrogens with zero attached hydrogens (tertiary/aromatic N) is 2. The Morgan fingerprint density at radius 3 is 2.32 bits per heavy atom. The number of para-hydroxylation sites is 2. The van der Waals surface area contributed by atoms with Crippen LogP contribution in [0.3, 0.4) is 0 Å². The number of halogens is 1. The van der Waals surface area contributed by atoms with E-state index in [-0.39, 0.29) is 18.4 Å². The fourth-order valence-electron chi connectivity index (χ4n) is 5.03. The van der Waals surface area contributed by atoms with Gasteiger partial charge in [-0.3, -0.25) is 9.69 Å². The average Bonchev–Trinajstić information content (AvgIpc) is 2.90. The minimum atomic E-state index is -0.996. The molecular formula is C30H33ClN2O5. The molecule has 0 saturated carbocycles. The lowest BCUT2D eigenvalue weighted by molar-refractivity contribution is -0.152. The minimum Gasteiger partial charge on any atom is -0.493 e. The summed E-state index contributed by atoms with van der Waals surface area (Å²) in [6.45, 7) is 3.72. The molecule has 4 rings (SSSR count). The number of methoxy groups -OCH3 is 1. The summed E-state index contributed by atoms with van der Waals surface area (Å²) >= 11 is 5.98. The first-order chi connectivity index (χ1) is 18.3. The third kappa shape index (κ3) is 7.05. The number of aliphatic carboxylic acids is 1. The number of rotatable bonds is 10. The van der Waals surface area contributed by atoms with Gasteiger partial charge in [0, 0.05) is 44.0 Å². The fourth-order valence-corrected chi connectivity index (χ4v) is 5.16. The van der Waals surface area contributed by atoms with Crippen LogP contribution in [0.1, 0.15) is 30.9 Å². The van der Waals surface area contributed by atoms with Crippen molar-refractivity contribution in [3.63, 3.8) is 0 Å². The number of amides is 1. The van der Waals surface area contributed by atoms with Gasteiger partial charge in [-0.1, -0.05) is 48.0 Å². The second kappa shape index (κ2) is 12.8. The highest BCUT2D eigenvalue weighted by atomic mass is 35.5. The van der Waals surface area contributed by atoms with Gasteiger partial charge in [-0.15, -0.1) is 0 Å². The van der Waals surface area contributed by atoms with E-state index in [0.29, 0.717) is 29.4 Å². The van der Waals surface area contributed by atoms with E-state index in [4.69, 9.17) is 21.1 Å². The monoisotopic (exact) mass is 536 g/mol. The molecule has 1 atom stereocenters. The lowest BCUT2D eigenvalue weighted by atomic mass is 9.97. The van der Waals surface area contributed by atoms with E-state index in [1.807, 2.05) is 54.6 Å². The largest absolute Gasteiger partial charge is 0.493 e. The van der Waals surface area contributed by atoms with Crippen molar-refractivity contribution in [2.75, 3.05) is 20.2 Å². The fraction of sp³-hybridized carbons (Fsp3) is 0.333. The summed E-state index contributed by atoms with van der Waals surface area (Å²) in [6, 6.07) is 21.6. The van der Waals surface area contributed by atoms with Gasteiger partial charge in [0.2, 0.25) is 5.91 Å². The van der Waals surface area contributed by atoms with Crippen molar-refractivity contribution in [2.45, 2.75) is 44.8 Å². The first kappa shape index (κ1) is 27.5. The highest BCUT2D eigenvalue weighted by Gasteiger charge is 2.35. The van der Waals surface area contributed by atoms with Crippen molar-refractivity contribution in [1.29, 1.82) is 0 Å². The zero-order valence-corrected chi connectivity index (χ0v) is 22.4. The number of likely N-dealkylation sites (tertiary alicyclic amines) is 1. The van der Waals surface area contributed by atoms with Crippen molar-refractivity contribution < 1.29 is 24.2 Å². The van der Waals surface area contributed by atoms with Crippen molar-refractivity contribution >= 4 is 23.5 Å². The Balaban J connectivity index is 1.38. The molecule has 1 saturated heterocycles. The zero-order valence-electron chi connectivity index (χ0n) is 21.7. The van der Waals surface area contributed by atoms with Gasteiger partial charge in [0.1, 0.15) is 11.8 Å². The number of carbonyl (C=O) groups is 2. The summed E-state index contributed by atoms with van der Waals surface area (Å²) in [6.07, 6.45) is 1.66. The van der Waals surface area contributed by atoms with Crippen LogP contribution in [0.5, 0.6) is 17.2 Å². The van der Waals surface area contributed by atoms with Crippen LogP contribution in [0.2, 0.25) is 5.02 Å². The predicted molar refractivity (Wildman–Crippen MR) is 147 cm³/mol. The molecule has 3 aromatic carbocycles. The van der Waals surface area contributed by atoms with Crippen LogP contribution in [-0.2, 0) is 22.6 Å². The second-order valence-corrected chi connectivity index (χ2v) is 9.95. The summed E-state index contributed by atoms with van der Waals surface area (Å²) in [5.41, 5.74) is 1.95. The second-order valence-electron chi connectivity index (χ2n) is 9.52. The third-order valence-corrected chi connectivity index (χ3v) is 7.13. The molecule has 3 aromatic rings. The molecular weight excluding hydrogens is 504 g/mol. The molecule has 0 spiro atoms. The molecule has 1 aliphatic rings. The lowest BCUT2D eigenvalue weighted by Gasteiger charge is -2.41. The van der Waals surface area contributed by atoms with Gasteiger partial charge < -0.3 is 19.5 Å². The summed E-state index contributed by atoms with van der Waals surface area (Å²) in [4.78, 5) is 28.8. The molecule has 7 nitrogen and oxygen atoms in total. The van der Waals surface area contributed by atoms with Crippen LogP contribution in [0.4, 0.5) is 0 Å². The number of hydrogen-bond donors (Lipinski definition) is 1. The lowest BCUT2D eigenvalue weighted by Crippen LogP contribution is -2.54. The maximum atomic E-state index is 12.6. The van der Waals surface area contributed by atoms with Crippen LogP contribution in [0, 0.1) is 0 Å². The Morgan fingerprint density at radius 2 is 1.68 bits per heavy atom. The van der Waals surface area contributed by atoms with E-state index in [1.54, 1.807) is 24.1 Å². The van der Waals surface area contributed by atoms with Crippen LogP contribution < -0.4 is 9.47 Å². The maximum Gasteiger partial charge on any atom is 0.326 e. The Bertz CT molecular complexity index is 1240. The van der Waals surface area contributed by atoms with E-state index in [9.17, 15) is 14.7 Å². The molecule has 1 unspecified atom stereocenters. The number of carboxylic acid groups (broad SMARTS) is 1. The minimum absolute atomic E-state index is 0.127. The molecule has 38 heavy (non-hydrogen) atoms. The molecule has 1 N–H and O–H groups in total. The average molecular weight is 537 g/mol. The number of hydrogen-bond acceptors (Lipinski definition) is 5. The molecule has 0 aromatic heterocycles. The van der Waals surface area contributed by atoms with E-state index in [1.165, 1.54) is 6.92 Å². The van der Waals surface area contributed by atoms with Crippen LogP contribution in [0.25, 0.3) is 0 Å². The molecule has 1 aliphatic heterocycles. The molecule has 0 aliphatic carbocycles. The molecule has 8 heteroatoms. The van der Waals surface area contributed by atoms with Crippen LogP contribution in [0.15, 0.2) is 72.8 Å². The predicted octanol–water partition coefficient (Wildman–Crippen LogP) is 5.65. The van der Waals surface area contributed by atoms with Gasteiger partial charge >= 0.3 is 5.97 Å². The van der Waals surface area contributed by atoms with Crippen molar-refractivity contribution in [3.8, 4) is 17.2 Å². The van der Waals surface area contributed by atoms with Gasteiger partial charge in [-0.2, -0.15) is 0 Å². The summed E-state index contributed by atoms with van der Waals surface area (Å²) in [5.74, 6) is 0.848. The standard InChI is InChI=1S/C30H33ClN2O5/c1-21(34)33(27(30(35)36)19-22-10-12-24(31)13-11-22)25-14-16-32(17-15-25)20-23-6-5-7-26(18-23)38-29-9-4-3-8-28(29)37-2/h3-13,18,25,27H,14-17,19-20H2,1-2H3,(H,35,36). The number of ether oxygens (including phenoxy) is 2. The molecule has 0 radical (unpaired) electrons. The van der Waals surface area contributed by atoms with Crippen molar-refractivity contribution in [1.82, 2.24) is 9.80 Å². The highest BCUT2D eigenvalue weighted by molar-refractivity contribution is 6.30. The molecule has 200 valence electrons. The molecule has 1 heterocycles. The van der Waals surface area contributed by atoms with Crippen molar-refractivity contribution in [3.05, 3.63) is 88.9 Å². The first-order valence-corrected chi connectivity index (χ1v) is 13.1. The van der Waals surface area contributed by atoms with E-state index < -0.39 is 12.0 Å². The SMILES string of the molecule is COc1ccccc1Oc1cccc(CN2CCC(N(C(C)=O)C(Cc3ccc(Cl)cc3)C(=O)O)CC2)c1. The highest BCUT2D eigenvalue weighted by Crippen LogP contribution is 2.31. The zero-order chi connectivity index (χ0) is 27.1. The van der Waals surface area contributed by atoms with Gasteiger partial charge in [0.05, 0.1) is 7.11 Å². The topological polar surface area (TPSA) is 79.3 Å². The third-order valence-electron chi connectivity index (χ3n) is 6.88. The number of piperidine rings is 1. The Labute approximate surface area is 228 Å². The van der Waals surface area contributed by atoms with E-state index >= 15 is 0 Å². The van der Waals surface area contributed by atoms with Gasteiger partial charge in [-0.05, 0) is 60.4 Å². The number of benzene rings is 3. The molecule has 0 bridgehead atoms. The Morgan fingerprint density at radius 1 is 1.00 bits per heavy atom. The quantitative estimate of drug-likeness (QED) is 0.361. The first-order valence-electron chi connectivity index (χ1n) is 12.7. The molecule has 1 fully saturated rings.